The van der Waals surface area contributed by atoms with E-state index in [4.69, 9.17) is 4.74 Å². The number of benzene rings is 1. The number of Topliss-reactive ketones (excluding diaryl/α,β-unsaturated/α-hetero) is 1. The highest BCUT2D eigenvalue weighted by molar-refractivity contribution is 5.87. The second-order valence-electron chi connectivity index (χ2n) is 6.74. The van der Waals surface area contributed by atoms with Crippen molar-refractivity contribution >= 4 is 11.8 Å². The van der Waals surface area contributed by atoms with Crippen molar-refractivity contribution in [3.63, 3.8) is 0 Å². The summed E-state index contributed by atoms with van der Waals surface area (Å²) in [5, 5.41) is 0. The van der Waals surface area contributed by atoms with Crippen molar-refractivity contribution < 1.29 is 14.3 Å². The number of esters is 1. The highest BCUT2D eigenvalue weighted by Crippen LogP contribution is 2.35. The van der Waals surface area contributed by atoms with E-state index in [1.807, 2.05) is 0 Å². The fraction of sp³-hybridized carbons (Fsp3) is 0.421. The van der Waals surface area contributed by atoms with Gasteiger partial charge in [0.05, 0.1) is 12.3 Å². The number of H-pyrrole nitrogens is 1. The van der Waals surface area contributed by atoms with Crippen LogP contribution in [0.1, 0.15) is 64.8 Å². The third-order valence-electron chi connectivity index (χ3n) is 4.44. The minimum atomic E-state index is -0.425. The van der Waals surface area contributed by atoms with Gasteiger partial charge in [-0.1, -0.05) is 12.1 Å². The second kappa shape index (κ2) is 6.23. The molecule has 1 unspecified atom stereocenters. The topological polar surface area (TPSA) is 72.0 Å². The predicted molar refractivity (Wildman–Crippen MR) is 90.2 cm³/mol. The molecule has 0 amide bonds. The lowest BCUT2D eigenvalue weighted by Crippen LogP contribution is -2.21. The minimum absolute atomic E-state index is 0.138. The zero-order chi connectivity index (χ0) is 17.4. The number of nitrogens with zero attached hydrogens (tertiary/aromatic N) is 1. The first-order valence-electron chi connectivity index (χ1n) is 8.22. The van der Waals surface area contributed by atoms with Gasteiger partial charge >= 0.3 is 5.97 Å². The molecule has 1 heterocycles. The summed E-state index contributed by atoms with van der Waals surface area (Å²) in [6, 6.07) is 4.22. The molecule has 0 saturated heterocycles. The summed E-state index contributed by atoms with van der Waals surface area (Å²) in [5.41, 5.74) is 4.88. The zero-order valence-corrected chi connectivity index (χ0v) is 14.5. The number of aryl methyl sites for hydroxylation is 2. The molecule has 1 aliphatic carbocycles. The third-order valence-corrected chi connectivity index (χ3v) is 4.44. The Labute approximate surface area is 141 Å². The minimum Gasteiger partial charge on any atom is -0.458 e. The summed E-state index contributed by atoms with van der Waals surface area (Å²) in [4.78, 5) is 31.5. The molecule has 5 nitrogen and oxygen atoms in total. The molecule has 2 aromatic rings. The zero-order valence-electron chi connectivity index (χ0n) is 14.5. The molecule has 1 aliphatic rings. The molecule has 5 heteroatoms. The van der Waals surface area contributed by atoms with Crippen LogP contribution in [0.5, 0.6) is 0 Å². The first kappa shape index (κ1) is 16.4. The van der Waals surface area contributed by atoms with Crippen molar-refractivity contribution in [2.45, 2.75) is 52.6 Å². The number of rotatable bonds is 3. The Hall–Kier alpha value is -2.43. The predicted octanol–water partition coefficient (Wildman–Crippen LogP) is 3.24. The largest absolute Gasteiger partial charge is 0.458 e. The molecular formula is C19H22N2O3. The van der Waals surface area contributed by atoms with Crippen LogP contribution in [0.3, 0.4) is 0 Å². The summed E-state index contributed by atoms with van der Waals surface area (Å²) in [7, 11) is 0. The maximum absolute atomic E-state index is 12.2. The van der Waals surface area contributed by atoms with Crippen LogP contribution in [0.4, 0.5) is 0 Å². The first-order valence-corrected chi connectivity index (χ1v) is 8.22. The first-order chi connectivity index (χ1) is 11.3. The maximum Gasteiger partial charge on any atom is 0.356 e. The number of carbonyl (C=O) groups is 2. The van der Waals surface area contributed by atoms with Gasteiger partial charge in [-0.3, -0.25) is 4.79 Å². The van der Waals surface area contributed by atoms with Crippen LogP contribution >= 0.6 is 0 Å². The molecule has 1 N–H and O–H groups in total. The van der Waals surface area contributed by atoms with Gasteiger partial charge in [0.2, 0.25) is 0 Å². The van der Waals surface area contributed by atoms with Gasteiger partial charge in [-0.2, -0.15) is 0 Å². The molecule has 0 aliphatic heterocycles. The fourth-order valence-electron chi connectivity index (χ4n) is 3.14. The van der Waals surface area contributed by atoms with Crippen LogP contribution < -0.4 is 0 Å². The average Bonchev–Trinajstić information content (AvgIpc) is 2.97. The van der Waals surface area contributed by atoms with Crippen molar-refractivity contribution in [2.75, 3.05) is 0 Å². The third kappa shape index (κ3) is 3.11. The Morgan fingerprint density at radius 2 is 2.00 bits per heavy atom. The summed E-state index contributed by atoms with van der Waals surface area (Å²) < 4.78 is 5.19. The molecule has 1 aromatic heterocycles. The molecule has 0 saturated carbocycles. The van der Waals surface area contributed by atoms with Crippen LogP contribution in [0.2, 0.25) is 0 Å². The Morgan fingerprint density at radius 1 is 1.29 bits per heavy atom. The van der Waals surface area contributed by atoms with Crippen molar-refractivity contribution in [1.29, 1.82) is 0 Å². The van der Waals surface area contributed by atoms with E-state index in [0.717, 1.165) is 11.1 Å². The molecule has 0 radical (unpaired) electrons. The Kier molecular flexibility index (Phi) is 4.26. The van der Waals surface area contributed by atoms with E-state index in [1.54, 1.807) is 13.8 Å². The van der Waals surface area contributed by atoms with Crippen LogP contribution in [-0.4, -0.2) is 27.8 Å². The van der Waals surface area contributed by atoms with Gasteiger partial charge in [-0.25, -0.2) is 9.78 Å². The molecule has 3 rings (SSSR count). The molecule has 0 fully saturated rings. The van der Waals surface area contributed by atoms with E-state index in [2.05, 4.69) is 35.9 Å². The lowest BCUT2D eigenvalue weighted by Gasteiger charge is -2.24. The van der Waals surface area contributed by atoms with Crippen molar-refractivity contribution in [3.8, 4) is 0 Å². The maximum atomic E-state index is 12.2. The normalized spacial score (nSPS) is 17.0. The van der Waals surface area contributed by atoms with Gasteiger partial charge in [-0.05, 0) is 49.9 Å². The highest BCUT2D eigenvalue weighted by Gasteiger charge is 2.29. The summed E-state index contributed by atoms with van der Waals surface area (Å²) in [6.07, 6.45) is 2.17. The lowest BCUT2D eigenvalue weighted by atomic mass is 9.80. The summed E-state index contributed by atoms with van der Waals surface area (Å²) in [6.45, 7) is 7.72. The number of ketones is 1. The van der Waals surface area contributed by atoms with Crippen molar-refractivity contribution in [2.24, 2.45) is 0 Å². The Bertz CT molecular complexity index is 805. The van der Waals surface area contributed by atoms with Crippen molar-refractivity contribution in [1.82, 2.24) is 9.97 Å². The molecule has 126 valence electrons. The highest BCUT2D eigenvalue weighted by atomic mass is 16.5. The van der Waals surface area contributed by atoms with Gasteiger partial charge in [-0.15, -0.1) is 0 Å². The number of aromatic nitrogens is 2. The average molecular weight is 326 g/mol. The van der Waals surface area contributed by atoms with Crippen LogP contribution in [0.25, 0.3) is 0 Å². The smallest absolute Gasteiger partial charge is 0.356 e. The summed E-state index contributed by atoms with van der Waals surface area (Å²) >= 11 is 0. The quantitative estimate of drug-likeness (QED) is 0.879. The van der Waals surface area contributed by atoms with Crippen LogP contribution in [-0.2, 0) is 16.0 Å². The van der Waals surface area contributed by atoms with Gasteiger partial charge in [0, 0.05) is 18.8 Å². The standard InChI is InChI=1S/C19H22N2O3/c1-10(2)24-19(23)17-9-20-18(21-17)16-8-14(22)7-13-5-11(3)12(4)6-15(13)16/h5-6,9-10,16H,7-8H2,1-4H3,(H,20,21). The van der Waals surface area contributed by atoms with Crippen LogP contribution in [0, 0.1) is 13.8 Å². The van der Waals surface area contributed by atoms with E-state index in [1.165, 1.54) is 17.3 Å². The van der Waals surface area contributed by atoms with E-state index in [0.29, 0.717) is 24.4 Å². The molecule has 24 heavy (non-hydrogen) atoms. The van der Waals surface area contributed by atoms with E-state index >= 15 is 0 Å². The van der Waals surface area contributed by atoms with Gasteiger partial charge in [0.15, 0.2) is 0 Å². The van der Waals surface area contributed by atoms with Gasteiger partial charge in [0.25, 0.3) is 0 Å². The SMILES string of the molecule is Cc1cc2c(cc1C)C(c1ncc(C(=O)OC(C)C)[nH]1)CC(=O)C2. The molecule has 1 atom stereocenters. The Balaban J connectivity index is 1.96. The second-order valence-corrected chi connectivity index (χ2v) is 6.74. The molecule has 1 aromatic carbocycles. The number of hydrogen-bond acceptors (Lipinski definition) is 4. The number of nitrogens with one attached hydrogen (secondary N) is 1. The molecule has 0 spiro atoms. The molecular weight excluding hydrogens is 304 g/mol. The Morgan fingerprint density at radius 3 is 2.71 bits per heavy atom. The number of fused-ring (bicyclic) bond motifs is 1. The van der Waals surface area contributed by atoms with Crippen molar-refractivity contribution in [3.05, 3.63) is 52.1 Å². The van der Waals surface area contributed by atoms with Gasteiger partial charge < -0.3 is 9.72 Å². The van der Waals surface area contributed by atoms with Gasteiger partial charge in [0.1, 0.15) is 17.3 Å². The number of aromatic amines is 1. The summed E-state index contributed by atoms with van der Waals surface area (Å²) in [5.74, 6) is 0.272. The fourth-order valence-corrected chi connectivity index (χ4v) is 3.14. The number of hydrogen-bond donors (Lipinski definition) is 1. The van der Waals surface area contributed by atoms with E-state index in [9.17, 15) is 9.59 Å². The van der Waals surface area contributed by atoms with E-state index < -0.39 is 5.97 Å². The van der Waals surface area contributed by atoms with Crippen LogP contribution in [0.15, 0.2) is 18.3 Å². The van der Waals surface area contributed by atoms with E-state index in [-0.39, 0.29) is 17.8 Å². The number of imidazole rings is 1. The number of ether oxygens (including phenoxy) is 1. The molecule has 0 bridgehead atoms. The number of carbonyl (C=O) groups excluding carboxylic acids is 2. The monoisotopic (exact) mass is 326 g/mol. The lowest BCUT2D eigenvalue weighted by molar-refractivity contribution is -0.119.